The molecule has 4 N–H and O–H groups in total. The number of nitrogens with zero attached hydrogens (tertiary/aromatic N) is 1. The van der Waals surface area contributed by atoms with Crippen LogP contribution in [0.1, 0.15) is 0 Å². The SMILES string of the molecule is O=C(CNc1cc([N+](=O)[O-])ccc1NCCO)Nc1cccc(F)c1. The predicted octanol–water partition coefficient (Wildman–Crippen LogP) is 2.19. The molecule has 0 fully saturated rings. The van der Waals surface area contributed by atoms with Crippen molar-refractivity contribution < 1.29 is 19.2 Å². The first-order chi connectivity index (χ1) is 12.0. The second kappa shape index (κ2) is 8.60. The Morgan fingerprint density at radius 3 is 2.64 bits per heavy atom. The van der Waals surface area contributed by atoms with Crippen LogP contribution in [-0.4, -0.2) is 35.6 Å². The Labute approximate surface area is 142 Å². The van der Waals surface area contributed by atoms with Crippen molar-refractivity contribution in [1.82, 2.24) is 0 Å². The Kier molecular flexibility index (Phi) is 6.24. The first kappa shape index (κ1) is 18.1. The van der Waals surface area contributed by atoms with Gasteiger partial charge in [0.2, 0.25) is 5.91 Å². The van der Waals surface area contributed by atoms with Gasteiger partial charge in [-0.25, -0.2) is 4.39 Å². The van der Waals surface area contributed by atoms with Crippen LogP contribution in [0.15, 0.2) is 42.5 Å². The van der Waals surface area contributed by atoms with Crippen molar-refractivity contribution in [1.29, 1.82) is 0 Å². The lowest BCUT2D eigenvalue weighted by atomic mass is 10.2. The molecule has 2 aromatic carbocycles. The average molecular weight is 348 g/mol. The summed E-state index contributed by atoms with van der Waals surface area (Å²) >= 11 is 0. The van der Waals surface area contributed by atoms with E-state index in [9.17, 15) is 19.3 Å². The maximum Gasteiger partial charge on any atom is 0.271 e. The van der Waals surface area contributed by atoms with Crippen LogP contribution in [0.3, 0.4) is 0 Å². The van der Waals surface area contributed by atoms with E-state index in [0.29, 0.717) is 17.1 Å². The highest BCUT2D eigenvalue weighted by Crippen LogP contribution is 2.26. The van der Waals surface area contributed by atoms with Crippen molar-refractivity contribution in [2.24, 2.45) is 0 Å². The number of carbonyl (C=O) groups is 1. The summed E-state index contributed by atoms with van der Waals surface area (Å²) in [6.07, 6.45) is 0. The number of nitro groups is 1. The quantitative estimate of drug-likeness (QED) is 0.429. The van der Waals surface area contributed by atoms with Crippen molar-refractivity contribution in [3.8, 4) is 0 Å². The first-order valence-electron chi connectivity index (χ1n) is 7.42. The van der Waals surface area contributed by atoms with Gasteiger partial charge in [-0.2, -0.15) is 0 Å². The van der Waals surface area contributed by atoms with Gasteiger partial charge in [0.25, 0.3) is 5.69 Å². The summed E-state index contributed by atoms with van der Waals surface area (Å²) in [5, 5.41) is 28.0. The molecule has 1 amide bonds. The van der Waals surface area contributed by atoms with Crippen molar-refractivity contribution >= 4 is 28.7 Å². The van der Waals surface area contributed by atoms with Gasteiger partial charge in [0.1, 0.15) is 5.82 Å². The zero-order valence-corrected chi connectivity index (χ0v) is 13.2. The lowest BCUT2D eigenvalue weighted by molar-refractivity contribution is -0.384. The number of hydrogen-bond acceptors (Lipinski definition) is 6. The molecule has 0 aliphatic heterocycles. The zero-order valence-electron chi connectivity index (χ0n) is 13.2. The van der Waals surface area contributed by atoms with Crippen molar-refractivity contribution in [3.05, 3.63) is 58.4 Å². The molecule has 0 aromatic heterocycles. The number of amides is 1. The van der Waals surface area contributed by atoms with Gasteiger partial charge in [0.05, 0.1) is 29.4 Å². The molecule has 8 nitrogen and oxygen atoms in total. The summed E-state index contributed by atoms with van der Waals surface area (Å²) in [6.45, 7) is -0.0377. The summed E-state index contributed by atoms with van der Waals surface area (Å²) in [4.78, 5) is 22.3. The Balaban J connectivity index is 2.05. The van der Waals surface area contributed by atoms with Crippen LogP contribution in [0.25, 0.3) is 0 Å². The minimum absolute atomic E-state index is 0.115. The molecule has 0 aliphatic rings. The fourth-order valence-corrected chi connectivity index (χ4v) is 2.08. The molecule has 0 aliphatic carbocycles. The summed E-state index contributed by atoms with van der Waals surface area (Å²) in [7, 11) is 0. The molecule has 2 aromatic rings. The third-order valence-electron chi connectivity index (χ3n) is 3.19. The standard InChI is InChI=1S/C16H17FN4O4/c17-11-2-1-3-12(8-11)20-16(23)10-19-15-9-13(21(24)25)4-5-14(15)18-6-7-22/h1-5,8-9,18-19,22H,6-7,10H2,(H,20,23). The summed E-state index contributed by atoms with van der Waals surface area (Å²) in [5.74, 6) is -0.912. The van der Waals surface area contributed by atoms with Crippen LogP contribution < -0.4 is 16.0 Å². The Morgan fingerprint density at radius 1 is 1.16 bits per heavy atom. The van der Waals surface area contributed by atoms with Crippen molar-refractivity contribution in [2.75, 3.05) is 35.6 Å². The van der Waals surface area contributed by atoms with E-state index in [2.05, 4.69) is 16.0 Å². The molecular formula is C16H17FN4O4. The first-order valence-corrected chi connectivity index (χ1v) is 7.42. The number of halogens is 1. The fraction of sp³-hybridized carbons (Fsp3) is 0.188. The maximum atomic E-state index is 13.1. The Hall–Kier alpha value is -3.20. The predicted molar refractivity (Wildman–Crippen MR) is 92.2 cm³/mol. The van der Waals surface area contributed by atoms with E-state index < -0.39 is 16.6 Å². The second-order valence-electron chi connectivity index (χ2n) is 5.05. The molecule has 0 unspecified atom stereocenters. The summed E-state index contributed by atoms with van der Waals surface area (Å²) in [5.41, 5.74) is 1.03. The third-order valence-corrected chi connectivity index (χ3v) is 3.19. The smallest absolute Gasteiger partial charge is 0.271 e. The van der Waals surface area contributed by atoms with E-state index in [1.165, 1.54) is 36.4 Å². The summed E-state index contributed by atoms with van der Waals surface area (Å²) < 4.78 is 13.1. The highest BCUT2D eigenvalue weighted by Gasteiger charge is 2.12. The van der Waals surface area contributed by atoms with E-state index >= 15 is 0 Å². The van der Waals surface area contributed by atoms with Gasteiger partial charge in [-0.05, 0) is 24.3 Å². The molecule has 0 saturated heterocycles. The maximum absolute atomic E-state index is 13.1. The number of non-ortho nitro benzene ring substituents is 1. The van der Waals surface area contributed by atoms with Crippen LogP contribution in [0.2, 0.25) is 0 Å². The second-order valence-corrected chi connectivity index (χ2v) is 5.05. The molecule has 0 spiro atoms. The number of aliphatic hydroxyl groups is 1. The van der Waals surface area contributed by atoms with Gasteiger partial charge in [-0.3, -0.25) is 14.9 Å². The molecular weight excluding hydrogens is 331 g/mol. The third kappa shape index (κ3) is 5.43. The van der Waals surface area contributed by atoms with Gasteiger partial charge in [-0.1, -0.05) is 6.07 Å². The van der Waals surface area contributed by atoms with Gasteiger partial charge in [0, 0.05) is 24.4 Å². The lowest BCUT2D eigenvalue weighted by Gasteiger charge is -2.13. The largest absolute Gasteiger partial charge is 0.395 e. The normalized spacial score (nSPS) is 10.2. The molecule has 132 valence electrons. The summed E-state index contributed by atoms with van der Waals surface area (Å²) in [6, 6.07) is 9.54. The number of carbonyl (C=O) groups excluding carboxylic acids is 1. The molecule has 0 heterocycles. The van der Waals surface area contributed by atoms with Gasteiger partial charge in [-0.15, -0.1) is 0 Å². The lowest BCUT2D eigenvalue weighted by Crippen LogP contribution is -2.22. The fourth-order valence-electron chi connectivity index (χ4n) is 2.08. The van der Waals surface area contributed by atoms with Crippen LogP contribution >= 0.6 is 0 Å². The topological polar surface area (TPSA) is 117 Å². The number of rotatable bonds is 8. The van der Waals surface area contributed by atoms with Crippen LogP contribution in [0, 0.1) is 15.9 Å². The molecule has 0 bridgehead atoms. The van der Waals surface area contributed by atoms with Crippen LogP contribution in [0.5, 0.6) is 0 Å². The Morgan fingerprint density at radius 2 is 1.96 bits per heavy atom. The number of hydrogen-bond donors (Lipinski definition) is 4. The van der Waals surface area contributed by atoms with Gasteiger partial charge < -0.3 is 21.1 Å². The highest BCUT2D eigenvalue weighted by molar-refractivity contribution is 5.94. The monoisotopic (exact) mass is 348 g/mol. The van der Waals surface area contributed by atoms with Crippen LogP contribution in [0.4, 0.5) is 27.1 Å². The molecule has 0 atom stereocenters. The van der Waals surface area contributed by atoms with E-state index in [4.69, 9.17) is 5.11 Å². The molecule has 0 radical (unpaired) electrons. The average Bonchev–Trinajstić information content (AvgIpc) is 2.58. The van der Waals surface area contributed by atoms with Crippen molar-refractivity contribution in [2.45, 2.75) is 0 Å². The van der Waals surface area contributed by atoms with E-state index in [-0.39, 0.29) is 25.4 Å². The molecule has 9 heteroatoms. The van der Waals surface area contributed by atoms with Gasteiger partial charge in [0.15, 0.2) is 0 Å². The van der Waals surface area contributed by atoms with E-state index in [0.717, 1.165) is 0 Å². The van der Waals surface area contributed by atoms with E-state index in [1.54, 1.807) is 6.07 Å². The highest BCUT2D eigenvalue weighted by atomic mass is 19.1. The minimum Gasteiger partial charge on any atom is -0.395 e. The number of aliphatic hydroxyl groups excluding tert-OH is 1. The molecule has 2 rings (SSSR count). The number of benzene rings is 2. The zero-order chi connectivity index (χ0) is 18.2. The minimum atomic E-state index is -0.548. The molecule has 25 heavy (non-hydrogen) atoms. The van der Waals surface area contributed by atoms with Crippen LogP contribution in [-0.2, 0) is 4.79 Å². The van der Waals surface area contributed by atoms with Gasteiger partial charge >= 0.3 is 0 Å². The number of anilines is 3. The molecule has 0 saturated carbocycles. The number of nitro benzene ring substituents is 1. The van der Waals surface area contributed by atoms with Crippen molar-refractivity contribution in [3.63, 3.8) is 0 Å². The van der Waals surface area contributed by atoms with E-state index in [1.807, 2.05) is 0 Å². The number of nitrogens with one attached hydrogen (secondary N) is 3. The Bertz CT molecular complexity index is 770.